The number of allylic oxidation sites excluding steroid dienone is 1. The molecule has 0 N–H and O–H groups in total. The van der Waals surface area contributed by atoms with Crippen molar-refractivity contribution in [2.45, 2.75) is 20.0 Å². The van der Waals surface area contributed by atoms with Crippen LogP contribution in [-0.4, -0.2) is 22.5 Å². The van der Waals surface area contributed by atoms with Gasteiger partial charge in [0.2, 0.25) is 0 Å². The second kappa shape index (κ2) is 12.0. The van der Waals surface area contributed by atoms with Crippen LogP contribution < -0.4 is 15.0 Å². The Balaban J connectivity index is 1.58. The zero-order valence-corrected chi connectivity index (χ0v) is 21.8. The zero-order valence-electron chi connectivity index (χ0n) is 21.8. The number of para-hydroxylation sites is 1. The molecule has 6 nitrogen and oxygen atoms in total. The Labute approximate surface area is 227 Å². The van der Waals surface area contributed by atoms with Crippen LogP contribution in [0.5, 0.6) is 11.5 Å². The lowest BCUT2D eigenvalue weighted by Gasteiger charge is -2.17. The topological polar surface area (TPSA) is 65.7 Å². The average molecular weight is 516 g/mol. The molecule has 4 aromatic carbocycles. The standard InChI is InChI=1S/C33H29N3O3/c1-3-13-27-20-25(21-30(38-4-2)31(27)39-23-24-14-7-5-8-15-24)22-34-36-32(26-16-9-6-10-17-26)35-29-19-12-11-18-28(29)33(36)37/h3,5-12,14-22H,1,4,13,23H2,2H3. The number of rotatable bonds is 10. The van der Waals surface area contributed by atoms with Crippen molar-refractivity contribution in [3.05, 3.63) is 137 Å². The van der Waals surface area contributed by atoms with Crippen LogP contribution >= 0.6 is 0 Å². The molecule has 0 fully saturated rings. The van der Waals surface area contributed by atoms with Crippen molar-refractivity contribution >= 4 is 17.1 Å². The van der Waals surface area contributed by atoms with Gasteiger partial charge in [-0.3, -0.25) is 4.79 Å². The minimum absolute atomic E-state index is 0.241. The highest BCUT2D eigenvalue weighted by molar-refractivity contribution is 5.83. The van der Waals surface area contributed by atoms with Gasteiger partial charge < -0.3 is 9.47 Å². The van der Waals surface area contributed by atoms with E-state index in [0.29, 0.717) is 47.9 Å². The highest BCUT2D eigenvalue weighted by atomic mass is 16.5. The summed E-state index contributed by atoms with van der Waals surface area (Å²) in [6, 6.07) is 30.7. The minimum atomic E-state index is -0.241. The van der Waals surface area contributed by atoms with E-state index in [1.807, 2.05) is 104 Å². The van der Waals surface area contributed by atoms with Crippen molar-refractivity contribution in [1.82, 2.24) is 9.66 Å². The smallest absolute Gasteiger partial charge is 0.282 e. The third-order valence-corrected chi connectivity index (χ3v) is 6.15. The van der Waals surface area contributed by atoms with E-state index < -0.39 is 0 Å². The summed E-state index contributed by atoms with van der Waals surface area (Å²) < 4.78 is 13.6. The Hall–Kier alpha value is -4.97. The van der Waals surface area contributed by atoms with Crippen molar-refractivity contribution in [2.75, 3.05) is 6.61 Å². The quantitative estimate of drug-likeness (QED) is 0.154. The van der Waals surface area contributed by atoms with Gasteiger partial charge in [-0.05, 0) is 48.7 Å². The number of fused-ring (bicyclic) bond motifs is 1. The van der Waals surface area contributed by atoms with E-state index in [0.717, 1.165) is 22.3 Å². The minimum Gasteiger partial charge on any atom is -0.490 e. The van der Waals surface area contributed by atoms with E-state index >= 15 is 0 Å². The van der Waals surface area contributed by atoms with Gasteiger partial charge in [-0.2, -0.15) is 9.78 Å². The van der Waals surface area contributed by atoms with E-state index in [-0.39, 0.29) is 5.56 Å². The molecule has 194 valence electrons. The summed E-state index contributed by atoms with van der Waals surface area (Å²) in [6.45, 7) is 6.74. The van der Waals surface area contributed by atoms with E-state index in [1.54, 1.807) is 12.3 Å². The summed E-state index contributed by atoms with van der Waals surface area (Å²) in [5, 5.41) is 5.12. The molecule has 0 amide bonds. The van der Waals surface area contributed by atoms with Gasteiger partial charge in [0.1, 0.15) is 6.61 Å². The van der Waals surface area contributed by atoms with E-state index in [4.69, 9.17) is 14.5 Å². The predicted octanol–water partition coefficient (Wildman–Crippen LogP) is 6.65. The molecule has 0 atom stereocenters. The number of hydrogen-bond acceptors (Lipinski definition) is 5. The summed E-state index contributed by atoms with van der Waals surface area (Å²) in [5.74, 6) is 1.75. The van der Waals surface area contributed by atoms with Crippen LogP contribution in [0.1, 0.15) is 23.6 Å². The van der Waals surface area contributed by atoms with Crippen molar-refractivity contribution < 1.29 is 9.47 Å². The van der Waals surface area contributed by atoms with Crippen molar-refractivity contribution in [3.8, 4) is 22.9 Å². The van der Waals surface area contributed by atoms with Gasteiger partial charge in [-0.1, -0.05) is 78.9 Å². The molecule has 6 heteroatoms. The SMILES string of the molecule is C=CCc1cc(C=Nn2c(-c3ccccc3)nc3ccccc3c2=O)cc(OCC)c1OCc1ccccc1. The molecule has 1 heterocycles. The van der Waals surface area contributed by atoms with Crippen LogP contribution in [0.15, 0.2) is 120 Å². The normalized spacial score (nSPS) is 11.1. The summed E-state index contributed by atoms with van der Waals surface area (Å²) in [5.41, 5.74) is 3.92. The zero-order chi connectivity index (χ0) is 27.0. The summed E-state index contributed by atoms with van der Waals surface area (Å²) >= 11 is 0. The maximum atomic E-state index is 13.5. The molecular weight excluding hydrogens is 486 g/mol. The Kier molecular flexibility index (Phi) is 7.93. The van der Waals surface area contributed by atoms with Crippen LogP contribution in [0.25, 0.3) is 22.3 Å². The Bertz CT molecular complexity index is 1680. The summed E-state index contributed by atoms with van der Waals surface area (Å²) in [7, 11) is 0. The fourth-order valence-electron chi connectivity index (χ4n) is 4.35. The van der Waals surface area contributed by atoms with Crippen LogP contribution in [-0.2, 0) is 13.0 Å². The van der Waals surface area contributed by atoms with Crippen LogP contribution in [0.3, 0.4) is 0 Å². The first kappa shape index (κ1) is 25.7. The van der Waals surface area contributed by atoms with Crippen LogP contribution in [0.4, 0.5) is 0 Å². The Morgan fingerprint density at radius 1 is 0.923 bits per heavy atom. The van der Waals surface area contributed by atoms with Gasteiger partial charge in [0.15, 0.2) is 17.3 Å². The average Bonchev–Trinajstić information content (AvgIpc) is 2.97. The predicted molar refractivity (Wildman–Crippen MR) is 157 cm³/mol. The molecule has 0 aliphatic rings. The van der Waals surface area contributed by atoms with E-state index in [1.165, 1.54) is 4.68 Å². The molecule has 39 heavy (non-hydrogen) atoms. The molecule has 5 aromatic rings. The Morgan fingerprint density at radius 3 is 2.38 bits per heavy atom. The molecule has 0 unspecified atom stereocenters. The highest BCUT2D eigenvalue weighted by Crippen LogP contribution is 2.34. The monoisotopic (exact) mass is 515 g/mol. The second-order valence-electron chi connectivity index (χ2n) is 8.89. The molecule has 0 aliphatic heterocycles. The first-order chi connectivity index (χ1) is 19.2. The van der Waals surface area contributed by atoms with Gasteiger partial charge >= 0.3 is 0 Å². The van der Waals surface area contributed by atoms with E-state index in [9.17, 15) is 4.79 Å². The lowest BCUT2D eigenvalue weighted by molar-refractivity contribution is 0.267. The maximum Gasteiger partial charge on any atom is 0.282 e. The molecule has 1 aromatic heterocycles. The van der Waals surface area contributed by atoms with Crippen LogP contribution in [0.2, 0.25) is 0 Å². The molecule has 0 saturated heterocycles. The van der Waals surface area contributed by atoms with Crippen LogP contribution in [0, 0.1) is 0 Å². The molecule has 0 radical (unpaired) electrons. The molecular formula is C33H29N3O3. The molecule has 0 saturated carbocycles. The Morgan fingerprint density at radius 2 is 1.64 bits per heavy atom. The number of nitrogens with zero attached hydrogens (tertiary/aromatic N) is 3. The number of benzene rings is 4. The largest absolute Gasteiger partial charge is 0.490 e. The second-order valence-corrected chi connectivity index (χ2v) is 8.89. The van der Waals surface area contributed by atoms with Crippen molar-refractivity contribution in [3.63, 3.8) is 0 Å². The molecule has 5 rings (SSSR count). The van der Waals surface area contributed by atoms with Gasteiger partial charge in [0, 0.05) is 11.1 Å². The molecule has 0 spiro atoms. The molecule has 0 aliphatic carbocycles. The van der Waals surface area contributed by atoms with Gasteiger partial charge in [0.05, 0.1) is 23.7 Å². The molecule has 0 bridgehead atoms. The van der Waals surface area contributed by atoms with Crippen molar-refractivity contribution in [2.24, 2.45) is 5.10 Å². The highest BCUT2D eigenvalue weighted by Gasteiger charge is 2.15. The van der Waals surface area contributed by atoms with Gasteiger partial charge in [-0.15, -0.1) is 6.58 Å². The van der Waals surface area contributed by atoms with Gasteiger partial charge in [0.25, 0.3) is 5.56 Å². The van der Waals surface area contributed by atoms with Gasteiger partial charge in [-0.25, -0.2) is 4.98 Å². The number of aromatic nitrogens is 2. The third kappa shape index (κ3) is 5.80. The first-order valence-corrected chi connectivity index (χ1v) is 12.9. The third-order valence-electron chi connectivity index (χ3n) is 6.15. The fourth-order valence-corrected chi connectivity index (χ4v) is 4.35. The first-order valence-electron chi connectivity index (χ1n) is 12.9. The lowest BCUT2D eigenvalue weighted by atomic mass is 10.1. The number of hydrogen-bond donors (Lipinski definition) is 0. The summed E-state index contributed by atoms with van der Waals surface area (Å²) in [6.07, 6.45) is 4.06. The fraction of sp³-hybridized carbons (Fsp3) is 0.121. The summed E-state index contributed by atoms with van der Waals surface area (Å²) in [4.78, 5) is 18.3. The van der Waals surface area contributed by atoms with Crippen molar-refractivity contribution in [1.29, 1.82) is 0 Å². The number of ether oxygens (including phenoxy) is 2. The van der Waals surface area contributed by atoms with E-state index in [2.05, 4.69) is 11.7 Å². The maximum absolute atomic E-state index is 13.5. The lowest BCUT2D eigenvalue weighted by Crippen LogP contribution is -2.20.